The van der Waals surface area contributed by atoms with Crippen LogP contribution in [0.3, 0.4) is 0 Å². The highest BCUT2D eigenvalue weighted by Gasteiger charge is 2.18. The van der Waals surface area contributed by atoms with Crippen LogP contribution in [0.25, 0.3) is 0 Å². The minimum atomic E-state index is -3.89. The average molecular weight is 414 g/mol. The third-order valence-electron chi connectivity index (χ3n) is 3.45. The molecule has 0 saturated heterocycles. The fourth-order valence-electron chi connectivity index (χ4n) is 2.23. The minimum Gasteiger partial charge on any atom is -0.493 e. The maximum absolute atomic E-state index is 12.5. The van der Waals surface area contributed by atoms with Crippen molar-refractivity contribution in [2.75, 3.05) is 18.2 Å². The monoisotopic (exact) mass is 414 g/mol. The van der Waals surface area contributed by atoms with Gasteiger partial charge >= 0.3 is 6.61 Å². The summed E-state index contributed by atoms with van der Waals surface area (Å²) in [5, 5.41) is 2.47. The molecule has 0 aliphatic heterocycles. The summed E-state index contributed by atoms with van der Waals surface area (Å²) < 4.78 is 58.0. The number of amides is 2. The molecule has 2 amide bonds. The number of hydrogen-bond donors (Lipinski definition) is 2. The van der Waals surface area contributed by atoms with E-state index in [0.29, 0.717) is 0 Å². The Hall–Kier alpha value is -3.21. The Bertz CT molecular complexity index is 978. The van der Waals surface area contributed by atoms with Gasteiger partial charge in [-0.1, -0.05) is 0 Å². The largest absolute Gasteiger partial charge is 0.493 e. The zero-order valence-electron chi connectivity index (χ0n) is 14.5. The third-order valence-corrected chi connectivity index (χ3v) is 5.10. The molecule has 0 radical (unpaired) electrons. The van der Waals surface area contributed by atoms with Gasteiger partial charge in [0.15, 0.2) is 21.3 Å². The maximum Gasteiger partial charge on any atom is 0.387 e. The van der Waals surface area contributed by atoms with E-state index in [9.17, 15) is 26.8 Å². The Balaban J connectivity index is 2.18. The molecule has 2 rings (SSSR count). The van der Waals surface area contributed by atoms with Gasteiger partial charge < -0.3 is 20.5 Å². The number of primary amides is 1. The topological polar surface area (TPSA) is 125 Å². The zero-order chi connectivity index (χ0) is 20.9. The first-order valence-corrected chi connectivity index (χ1v) is 9.33. The summed E-state index contributed by atoms with van der Waals surface area (Å²) in [7, 11) is -2.62. The SMILES string of the molecule is COc1ccc(NC(=O)c2ccc(S(=O)(=O)CC(N)=O)cc2)cc1OC(F)F. The predicted molar refractivity (Wildman–Crippen MR) is 95.3 cm³/mol. The summed E-state index contributed by atoms with van der Waals surface area (Å²) in [5.74, 6) is -2.67. The van der Waals surface area contributed by atoms with Crippen LogP contribution in [0.15, 0.2) is 47.4 Å². The molecule has 0 aromatic heterocycles. The summed E-state index contributed by atoms with van der Waals surface area (Å²) in [6.07, 6.45) is 0. The molecule has 28 heavy (non-hydrogen) atoms. The van der Waals surface area contributed by atoms with E-state index in [4.69, 9.17) is 10.5 Å². The van der Waals surface area contributed by atoms with Gasteiger partial charge in [0, 0.05) is 17.3 Å². The molecule has 0 spiro atoms. The molecule has 0 bridgehead atoms. The summed E-state index contributed by atoms with van der Waals surface area (Å²) in [5.41, 5.74) is 5.16. The van der Waals surface area contributed by atoms with E-state index in [1.165, 1.54) is 31.4 Å². The number of methoxy groups -OCH3 is 1. The predicted octanol–water partition coefficient (Wildman–Crippen LogP) is 1.81. The van der Waals surface area contributed by atoms with E-state index in [0.717, 1.165) is 18.2 Å². The van der Waals surface area contributed by atoms with Crippen molar-refractivity contribution in [1.82, 2.24) is 0 Å². The first kappa shape index (κ1) is 21.1. The highest BCUT2D eigenvalue weighted by atomic mass is 32.2. The van der Waals surface area contributed by atoms with E-state index in [1.807, 2.05) is 0 Å². The summed E-state index contributed by atoms with van der Waals surface area (Å²) in [6.45, 7) is -3.07. The molecular weight excluding hydrogens is 398 g/mol. The van der Waals surface area contributed by atoms with Crippen molar-refractivity contribution in [2.45, 2.75) is 11.5 Å². The number of benzene rings is 2. The normalized spacial score (nSPS) is 11.1. The second-order valence-electron chi connectivity index (χ2n) is 5.45. The number of rotatable bonds is 8. The molecule has 0 heterocycles. The van der Waals surface area contributed by atoms with Crippen LogP contribution >= 0.6 is 0 Å². The molecule has 8 nitrogen and oxygen atoms in total. The van der Waals surface area contributed by atoms with Crippen LogP contribution in [0, 0.1) is 0 Å². The van der Waals surface area contributed by atoms with Crippen LogP contribution < -0.4 is 20.5 Å². The molecule has 0 atom stereocenters. The van der Waals surface area contributed by atoms with E-state index in [-0.39, 0.29) is 27.6 Å². The first-order valence-electron chi connectivity index (χ1n) is 7.67. The molecule has 0 fully saturated rings. The standard InChI is InChI=1S/C17H16F2N2O6S/c1-26-13-7-4-11(8-14(13)27-17(18)19)21-16(23)10-2-5-12(6-3-10)28(24,25)9-15(20)22/h2-8,17H,9H2,1H3,(H2,20,22)(H,21,23). The van der Waals surface area contributed by atoms with Gasteiger partial charge in [-0.05, 0) is 36.4 Å². The Morgan fingerprint density at radius 1 is 1.11 bits per heavy atom. The van der Waals surface area contributed by atoms with Gasteiger partial charge in [-0.3, -0.25) is 9.59 Å². The van der Waals surface area contributed by atoms with Crippen molar-refractivity contribution >= 4 is 27.3 Å². The molecule has 0 saturated carbocycles. The molecule has 2 aromatic carbocycles. The molecule has 150 valence electrons. The highest BCUT2D eigenvalue weighted by molar-refractivity contribution is 7.92. The van der Waals surface area contributed by atoms with E-state index < -0.39 is 34.0 Å². The fraction of sp³-hybridized carbons (Fsp3) is 0.176. The molecular formula is C17H16F2N2O6S. The lowest BCUT2D eigenvalue weighted by Gasteiger charge is -2.12. The first-order chi connectivity index (χ1) is 13.1. The number of hydrogen-bond acceptors (Lipinski definition) is 6. The summed E-state index contributed by atoms with van der Waals surface area (Å²) in [6, 6.07) is 8.72. The van der Waals surface area contributed by atoms with Gasteiger partial charge in [0.25, 0.3) is 5.91 Å². The number of alkyl halides is 2. The highest BCUT2D eigenvalue weighted by Crippen LogP contribution is 2.31. The van der Waals surface area contributed by atoms with E-state index >= 15 is 0 Å². The number of nitrogens with one attached hydrogen (secondary N) is 1. The van der Waals surface area contributed by atoms with Gasteiger partial charge in [0.1, 0.15) is 5.75 Å². The van der Waals surface area contributed by atoms with Gasteiger partial charge in [-0.2, -0.15) is 8.78 Å². The van der Waals surface area contributed by atoms with Crippen molar-refractivity contribution in [1.29, 1.82) is 0 Å². The van der Waals surface area contributed by atoms with Gasteiger partial charge in [-0.25, -0.2) is 8.42 Å². The number of nitrogens with two attached hydrogens (primary N) is 1. The minimum absolute atomic E-state index is 0.0577. The molecule has 11 heteroatoms. The lowest BCUT2D eigenvalue weighted by molar-refractivity contribution is -0.115. The van der Waals surface area contributed by atoms with Crippen molar-refractivity contribution in [3.8, 4) is 11.5 Å². The number of ether oxygens (including phenoxy) is 2. The summed E-state index contributed by atoms with van der Waals surface area (Å²) >= 11 is 0. The van der Waals surface area contributed by atoms with Gasteiger partial charge in [0.05, 0.1) is 12.0 Å². The second-order valence-corrected chi connectivity index (χ2v) is 7.44. The fourth-order valence-corrected chi connectivity index (χ4v) is 3.32. The third kappa shape index (κ3) is 5.39. The maximum atomic E-state index is 12.5. The molecule has 3 N–H and O–H groups in total. The van der Waals surface area contributed by atoms with Gasteiger partial charge in [-0.15, -0.1) is 0 Å². The quantitative estimate of drug-likeness (QED) is 0.679. The van der Waals surface area contributed by atoms with Crippen LogP contribution in [0.2, 0.25) is 0 Å². The lowest BCUT2D eigenvalue weighted by atomic mass is 10.2. The Labute approximate surface area is 159 Å². The van der Waals surface area contributed by atoms with E-state index in [2.05, 4.69) is 10.1 Å². The van der Waals surface area contributed by atoms with E-state index in [1.54, 1.807) is 0 Å². The van der Waals surface area contributed by atoms with Crippen LogP contribution in [-0.2, 0) is 14.6 Å². The lowest BCUT2D eigenvalue weighted by Crippen LogP contribution is -2.23. The number of anilines is 1. The zero-order valence-corrected chi connectivity index (χ0v) is 15.3. The van der Waals surface area contributed by atoms with Crippen LogP contribution in [0.1, 0.15) is 10.4 Å². The molecule has 0 unspecified atom stereocenters. The van der Waals surface area contributed by atoms with Crippen molar-refractivity contribution in [3.63, 3.8) is 0 Å². The Kier molecular flexibility index (Phi) is 6.52. The number of halogens is 2. The van der Waals surface area contributed by atoms with Crippen molar-refractivity contribution in [2.24, 2.45) is 5.73 Å². The van der Waals surface area contributed by atoms with Crippen LogP contribution in [0.5, 0.6) is 11.5 Å². The van der Waals surface area contributed by atoms with Crippen LogP contribution in [-0.4, -0.2) is 39.7 Å². The van der Waals surface area contributed by atoms with Gasteiger partial charge in [0.2, 0.25) is 5.91 Å². The number of carbonyl (C=O) groups is 2. The van der Waals surface area contributed by atoms with Crippen molar-refractivity contribution in [3.05, 3.63) is 48.0 Å². The summed E-state index contributed by atoms with van der Waals surface area (Å²) in [4.78, 5) is 22.9. The Morgan fingerprint density at radius 3 is 2.29 bits per heavy atom. The molecule has 0 aliphatic rings. The average Bonchev–Trinajstić information content (AvgIpc) is 2.60. The second kappa shape index (κ2) is 8.65. The number of carbonyl (C=O) groups excluding carboxylic acids is 2. The van der Waals surface area contributed by atoms with Crippen molar-refractivity contribution < 1.29 is 36.3 Å². The van der Waals surface area contributed by atoms with Crippen LogP contribution in [0.4, 0.5) is 14.5 Å². The Morgan fingerprint density at radius 2 is 1.75 bits per heavy atom. The molecule has 0 aliphatic carbocycles. The molecule has 2 aromatic rings. The smallest absolute Gasteiger partial charge is 0.387 e. The number of sulfone groups is 1.